The van der Waals surface area contributed by atoms with Crippen LogP contribution in [-0.4, -0.2) is 25.2 Å². The third-order valence-corrected chi connectivity index (χ3v) is 3.54. The highest BCUT2D eigenvalue weighted by Crippen LogP contribution is 2.26. The van der Waals surface area contributed by atoms with Crippen LogP contribution in [0.4, 0.5) is 16.2 Å². The van der Waals surface area contributed by atoms with Gasteiger partial charge in [-0.1, -0.05) is 42.5 Å². The van der Waals surface area contributed by atoms with Crippen molar-refractivity contribution >= 4 is 23.4 Å². The van der Waals surface area contributed by atoms with Crippen molar-refractivity contribution in [3.8, 4) is 0 Å². The molecule has 132 valence electrons. The molecular formula is C19H23N3O3. The molecule has 1 unspecified atom stereocenters. The summed E-state index contributed by atoms with van der Waals surface area (Å²) in [4.78, 5) is 23.3. The van der Waals surface area contributed by atoms with Crippen LogP contribution in [0.3, 0.4) is 0 Å². The summed E-state index contributed by atoms with van der Waals surface area (Å²) < 4.78 is 4.73. The highest BCUT2D eigenvalue weighted by atomic mass is 16.5. The number of anilines is 2. The molecule has 2 aromatic rings. The molecule has 0 aliphatic carbocycles. The molecule has 0 fully saturated rings. The average molecular weight is 341 g/mol. The Morgan fingerprint density at radius 3 is 2.32 bits per heavy atom. The molecule has 0 aromatic heterocycles. The standard InChI is InChI=1S/C19H23N3O3/c1-3-25-19(24)20-13-18(23)22-17-12-8-7-11-16(17)21-14(2)15-9-5-4-6-10-15/h4-12,14,21H,3,13H2,1-2H3,(H,20,24)(H,22,23). The summed E-state index contributed by atoms with van der Waals surface area (Å²) in [7, 11) is 0. The third-order valence-electron chi connectivity index (χ3n) is 3.54. The fraction of sp³-hybridized carbons (Fsp3) is 0.263. The molecule has 6 heteroatoms. The van der Waals surface area contributed by atoms with Gasteiger partial charge in [-0.3, -0.25) is 4.79 Å². The van der Waals surface area contributed by atoms with Gasteiger partial charge in [0.25, 0.3) is 0 Å². The Balaban J connectivity index is 1.98. The molecule has 2 amide bonds. The van der Waals surface area contributed by atoms with Crippen molar-refractivity contribution in [1.82, 2.24) is 5.32 Å². The SMILES string of the molecule is CCOC(=O)NCC(=O)Nc1ccccc1NC(C)c1ccccc1. The molecule has 1 atom stereocenters. The first-order valence-electron chi connectivity index (χ1n) is 8.21. The molecule has 2 rings (SSSR count). The van der Waals surface area contributed by atoms with Crippen LogP contribution in [-0.2, 0) is 9.53 Å². The number of amides is 2. The van der Waals surface area contributed by atoms with Gasteiger partial charge in [0.05, 0.1) is 18.0 Å². The Hall–Kier alpha value is -3.02. The lowest BCUT2D eigenvalue weighted by atomic mass is 10.1. The van der Waals surface area contributed by atoms with Gasteiger partial charge >= 0.3 is 6.09 Å². The van der Waals surface area contributed by atoms with E-state index < -0.39 is 6.09 Å². The quantitative estimate of drug-likeness (QED) is 0.719. The molecule has 0 saturated heterocycles. The summed E-state index contributed by atoms with van der Waals surface area (Å²) in [5.41, 5.74) is 2.61. The Morgan fingerprint density at radius 1 is 1.00 bits per heavy atom. The second-order valence-corrected chi connectivity index (χ2v) is 5.44. The number of rotatable bonds is 7. The predicted octanol–water partition coefficient (Wildman–Crippen LogP) is 3.54. The van der Waals surface area contributed by atoms with Crippen LogP contribution in [0.25, 0.3) is 0 Å². The summed E-state index contributed by atoms with van der Waals surface area (Å²) in [5.74, 6) is -0.324. The minimum atomic E-state index is -0.609. The summed E-state index contributed by atoms with van der Waals surface area (Å²) in [6.45, 7) is 3.87. The zero-order chi connectivity index (χ0) is 18.1. The lowest BCUT2D eigenvalue weighted by molar-refractivity contribution is -0.115. The fourth-order valence-electron chi connectivity index (χ4n) is 2.31. The van der Waals surface area contributed by atoms with Crippen molar-refractivity contribution in [2.24, 2.45) is 0 Å². The van der Waals surface area contributed by atoms with Gasteiger partial charge in [-0.05, 0) is 31.5 Å². The average Bonchev–Trinajstić information content (AvgIpc) is 2.62. The molecule has 25 heavy (non-hydrogen) atoms. The van der Waals surface area contributed by atoms with E-state index in [0.717, 1.165) is 11.3 Å². The molecule has 0 heterocycles. The van der Waals surface area contributed by atoms with Crippen LogP contribution in [0, 0.1) is 0 Å². The maximum Gasteiger partial charge on any atom is 0.407 e. The minimum Gasteiger partial charge on any atom is -0.450 e. The summed E-state index contributed by atoms with van der Waals surface area (Å²) >= 11 is 0. The van der Waals surface area contributed by atoms with Crippen LogP contribution in [0.5, 0.6) is 0 Å². The number of para-hydroxylation sites is 2. The van der Waals surface area contributed by atoms with Crippen molar-refractivity contribution in [2.75, 3.05) is 23.8 Å². The predicted molar refractivity (Wildman–Crippen MR) is 98.6 cm³/mol. The first-order chi connectivity index (χ1) is 12.1. The van der Waals surface area contributed by atoms with E-state index in [1.54, 1.807) is 6.92 Å². The van der Waals surface area contributed by atoms with Gasteiger partial charge < -0.3 is 20.7 Å². The lowest BCUT2D eigenvalue weighted by Gasteiger charge is -2.19. The van der Waals surface area contributed by atoms with E-state index in [2.05, 4.69) is 22.9 Å². The molecule has 0 aliphatic rings. The number of benzene rings is 2. The van der Waals surface area contributed by atoms with Gasteiger partial charge in [0, 0.05) is 6.04 Å². The van der Waals surface area contributed by atoms with Gasteiger partial charge in [0.15, 0.2) is 0 Å². The van der Waals surface area contributed by atoms with Gasteiger partial charge in [-0.2, -0.15) is 0 Å². The summed E-state index contributed by atoms with van der Waals surface area (Å²) in [5, 5.41) is 8.58. The number of nitrogens with one attached hydrogen (secondary N) is 3. The highest BCUT2D eigenvalue weighted by molar-refractivity contribution is 5.96. The number of ether oxygens (including phenoxy) is 1. The maximum absolute atomic E-state index is 12.0. The topological polar surface area (TPSA) is 79.5 Å². The van der Waals surface area contributed by atoms with Gasteiger partial charge in [-0.15, -0.1) is 0 Å². The van der Waals surface area contributed by atoms with E-state index in [-0.39, 0.29) is 25.1 Å². The van der Waals surface area contributed by atoms with Crippen molar-refractivity contribution in [3.63, 3.8) is 0 Å². The molecule has 0 saturated carbocycles. The number of carbonyl (C=O) groups is 2. The van der Waals surface area contributed by atoms with Crippen LogP contribution >= 0.6 is 0 Å². The smallest absolute Gasteiger partial charge is 0.407 e. The summed E-state index contributed by atoms with van der Waals surface area (Å²) in [6, 6.07) is 17.6. The first-order valence-corrected chi connectivity index (χ1v) is 8.21. The third kappa shape index (κ3) is 5.84. The van der Waals surface area contributed by atoms with Gasteiger partial charge in [0.1, 0.15) is 6.54 Å². The van der Waals surface area contributed by atoms with Crippen molar-refractivity contribution in [2.45, 2.75) is 19.9 Å². The zero-order valence-corrected chi connectivity index (χ0v) is 14.4. The number of carbonyl (C=O) groups excluding carboxylic acids is 2. The molecular weight excluding hydrogens is 318 g/mol. The molecule has 0 radical (unpaired) electrons. The first kappa shape index (κ1) is 18.3. The van der Waals surface area contributed by atoms with E-state index in [1.165, 1.54) is 0 Å². The van der Waals surface area contributed by atoms with E-state index in [1.807, 2.05) is 54.6 Å². The van der Waals surface area contributed by atoms with Crippen LogP contribution in [0.2, 0.25) is 0 Å². The molecule has 6 nitrogen and oxygen atoms in total. The van der Waals surface area contributed by atoms with Crippen LogP contribution in [0.15, 0.2) is 54.6 Å². The van der Waals surface area contributed by atoms with Crippen molar-refractivity contribution < 1.29 is 14.3 Å². The second-order valence-electron chi connectivity index (χ2n) is 5.44. The summed E-state index contributed by atoms with van der Waals surface area (Å²) in [6.07, 6.45) is -0.609. The highest BCUT2D eigenvalue weighted by Gasteiger charge is 2.11. The molecule has 0 spiro atoms. The zero-order valence-electron chi connectivity index (χ0n) is 14.4. The molecule has 2 aromatic carbocycles. The molecule has 0 bridgehead atoms. The number of hydrogen-bond acceptors (Lipinski definition) is 4. The molecule has 3 N–H and O–H groups in total. The Bertz CT molecular complexity index is 704. The normalized spacial score (nSPS) is 11.3. The minimum absolute atomic E-state index is 0.0805. The lowest BCUT2D eigenvalue weighted by Crippen LogP contribution is -2.33. The largest absolute Gasteiger partial charge is 0.450 e. The Morgan fingerprint density at radius 2 is 1.64 bits per heavy atom. The Labute approximate surface area is 147 Å². The van der Waals surface area contributed by atoms with E-state index in [4.69, 9.17) is 4.74 Å². The van der Waals surface area contributed by atoms with E-state index in [9.17, 15) is 9.59 Å². The van der Waals surface area contributed by atoms with Gasteiger partial charge in [0.2, 0.25) is 5.91 Å². The van der Waals surface area contributed by atoms with Crippen molar-refractivity contribution in [3.05, 3.63) is 60.2 Å². The second kappa shape index (κ2) is 9.32. The molecule has 0 aliphatic heterocycles. The number of alkyl carbamates (subject to hydrolysis) is 1. The van der Waals surface area contributed by atoms with E-state index in [0.29, 0.717) is 5.69 Å². The van der Waals surface area contributed by atoms with Gasteiger partial charge in [-0.25, -0.2) is 4.79 Å². The van der Waals surface area contributed by atoms with E-state index >= 15 is 0 Å². The fourth-order valence-corrected chi connectivity index (χ4v) is 2.31. The Kier molecular flexibility index (Phi) is 6.83. The number of hydrogen-bond donors (Lipinski definition) is 3. The monoisotopic (exact) mass is 341 g/mol. The van der Waals surface area contributed by atoms with Crippen molar-refractivity contribution in [1.29, 1.82) is 0 Å². The van der Waals surface area contributed by atoms with Crippen LogP contribution in [0.1, 0.15) is 25.5 Å². The maximum atomic E-state index is 12.0. The van der Waals surface area contributed by atoms with Crippen LogP contribution < -0.4 is 16.0 Å².